The smallest absolute Gasteiger partial charge is 0.352 e. The molecule has 0 saturated heterocycles. The molecule has 0 spiro atoms. The Morgan fingerprint density at radius 1 is 1.30 bits per heavy atom. The summed E-state index contributed by atoms with van der Waals surface area (Å²) < 4.78 is 37.7. The molecule has 0 aliphatic carbocycles. The highest BCUT2D eigenvalue weighted by Gasteiger charge is 2.31. The molecule has 0 aliphatic rings. The van der Waals surface area contributed by atoms with Gasteiger partial charge >= 0.3 is 6.18 Å². The van der Waals surface area contributed by atoms with Gasteiger partial charge in [-0.25, -0.2) is 0 Å². The van der Waals surface area contributed by atoms with E-state index in [1.54, 1.807) is 0 Å². The first-order valence-corrected chi connectivity index (χ1v) is 6.70. The first-order chi connectivity index (χ1) is 9.15. The largest absolute Gasteiger partial charge is 0.416 e. The Kier molecular flexibility index (Phi) is 5.45. The van der Waals surface area contributed by atoms with Crippen LogP contribution < -0.4 is 5.32 Å². The standard InChI is InChI=1S/C14H17ClF3NO/c1-13(2,6-7-15)9-19-12(20)10-4-3-5-11(8-10)14(16,17)18/h3-5,8H,6-7,9H2,1-2H3,(H,19,20). The Bertz CT molecular complexity index is 472. The predicted molar refractivity (Wildman–Crippen MR) is 72.9 cm³/mol. The first kappa shape index (κ1) is 16.8. The molecule has 1 N–H and O–H groups in total. The molecule has 0 saturated carbocycles. The molecule has 1 rings (SSSR count). The molecule has 0 fully saturated rings. The minimum atomic E-state index is -4.45. The van der Waals surface area contributed by atoms with Crippen LogP contribution in [0.5, 0.6) is 0 Å². The average Bonchev–Trinajstić information content (AvgIpc) is 2.35. The summed E-state index contributed by atoms with van der Waals surface area (Å²) in [6.07, 6.45) is -3.74. The molecule has 1 aromatic carbocycles. The highest BCUT2D eigenvalue weighted by Crippen LogP contribution is 2.29. The van der Waals surface area contributed by atoms with E-state index in [4.69, 9.17) is 11.6 Å². The molecule has 0 radical (unpaired) electrons. The second kappa shape index (κ2) is 6.48. The Morgan fingerprint density at radius 2 is 1.95 bits per heavy atom. The van der Waals surface area contributed by atoms with Gasteiger partial charge in [-0.05, 0) is 30.0 Å². The zero-order chi connectivity index (χ0) is 15.4. The SMILES string of the molecule is CC(C)(CCCl)CNC(=O)c1cccc(C(F)(F)F)c1. The van der Waals surface area contributed by atoms with Crippen molar-refractivity contribution < 1.29 is 18.0 Å². The molecule has 0 aromatic heterocycles. The fourth-order valence-electron chi connectivity index (χ4n) is 1.60. The van der Waals surface area contributed by atoms with Crippen LogP contribution in [0, 0.1) is 5.41 Å². The molecule has 20 heavy (non-hydrogen) atoms. The molecular weight excluding hydrogens is 291 g/mol. The normalized spacial score (nSPS) is 12.3. The number of nitrogens with one attached hydrogen (secondary N) is 1. The fourth-order valence-corrected chi connectivity index (χ4v) is 2.11. The number of hydrogen-bond donors (Lipinski definition) is 1. The van der Waals surface area contributed by atoms with Gasteiger partial charge in [0, 0.05) is 18.0 Å². The van der Waals surface area contributed by atoms with Gasteiger partial charge in [0.05, 0.1) is 5.56 Å². The van der Waals surface area contributed by atoms with Gasteiger partial charge in [-0.1, -0.05) is 19.9 Å². The van der Waals surface area contributed by atoms with Gasteiger partial charge in [-0.15, -0.1) is 11.6 Å². The zero-order valence-corrected chi connectivity index (χ0v) is 12.1. The van der Waals surface area contributed by atoms with Crippen molar-refractivity contribution in [2.45, 2.75) is 26.4 Å². The van der Waals surface area contributed by atoms with E-state index < -0.39 is 17.6 Å². The Morgan fingerprint density at radius 3 is 2.50 bits per heavy atom. The minimum Gasteiger partial charge on any atom is -0.352 e. The maximum Gasteiger partial charge on any atom is 0.416 e. The van der Waals surface area contributed by atoms with E-state index in [2.05, 4.69) is 5.32 Å². The van der Waals surface area contributed by atoms with Crippen LogP contribution in [0.25, 0.3) is 0 Å². The molecule has 0 bridgehead atoms. The highest BCUT2D eigenvalue weighted by molar-refractivity contribution is 6.17. The molecule has 1 aromatic rings. The van der Waals surface area contributed by atoms with E-state index in [-0.39, 0.29) is 11.0 Å². The van der Waals surface area contributed by atoms with E-state index in [9.17, 15) is 18.0 Å². The van der Waals surface area contributed by atoms with Crippen molar-refractivity contribution in [1.82, 2.24) is 5.32 Å². The molecule has 2 nitrogen and oxygen atoms in total. The maximum atomic E-state index is 12.6. The molecule has 0 unspecified atom stereocenters. The molecule has 6 heteroatoms. The van der Waals surface area contributed by atoms with Crippen molar-refractivity contribution in [1.29, 1.82) is 0 Å². The third-order valence-corrected chi connectivity index (χ3v) is 3.14. The second-order valence-corrected chi connectivity index (χ2v) is 5.74. The number of benzene rings is 1. The lowest BCUT2D eigenvalue weighted by atomic mass is 9.90. The van der Waals surface area contributed by atoms with Crippen molar-refractivity contribution in [2.75, 3.05) is 12.4 Å². The average molecular weight is 308 g/mol. The van der Waals surface area contributed by atoms with Gasteiger partial charge in [0.1, 0.15) is 0 Å². The zero-order valence-electron chi connectivity index (χ0n) is 11.4. The van der Waals surface area contributed by atoms with Crippen molar-refractivity contribution in [2.24, 2.45) is 5.41 Å². The third-order valence-electron chi connectivity index (χ3n) is 2.95. The minimum absolute atomic E-state index is 0.00139. The number of rotatable bonds is 5. The lowest BCUT2D eigenvalue weighted by Crippen LogP contribution is -2.34. The molecule has 0 aliphatic heterocycles. The van der Waals surface area contributed by atoms with Crippen LogP contribution in [-0.2, 0) is 6.18 Å². The van der Waals surface area contributed by atoms with E-state index in [1.165, 1.54) is 12.1 Å². The Hall–Kier alpha value is -1.23. The Balaban J connectivity index is 2.74. The van der Waals surface area contributed by atoms with E-state index in [0.717, 1.165) is 12.1 Å². The van der Waals surface area contributed by atoms with Crippen LogP contribution in [-0.4, -0.2) is 18.3 Å². The number of hydrogen-bond acceptors (Lipinski definition) is 1. The van der Waals surface area contributed by atoms with Crippen LogP contribution in [0.1, 0.15) is 36.2 Å². The summed E-state index contributed by atoms with van der Waals surface area (Å²) in [7, 11) is 0. The summed E-state index contributed by atoms with van der Waals surface area (Å²) in [5.41, 5.74) is -1.02. The van der Waals surface area contributed by atoms with E-state index in [1.807, 2.05) is 13.8 Å². The topological polar surface area (TPSA) is 29.1 Å². The summed E-state index contributed by atoms with van der Waals surface area (Å²) in [6.45, 7) is 4.22. The lowest BCUT2D eigenvalue weighted by Gasteiger charge is -2.23. The fraction of sp³-hybridized carbons (Fsp3) is 0.500. The molecule has 1 amide bonds. The van der Waals surface area contributed by atoms with Crippen LogP contribution in [0.4, 0.5) is 13.2 Å². The van der Waals surface area contributed by atoms with Gasteiger partial charge < -0.3 is 5.32 Å². The maximum absolute atomic E-state index is 12.6. The van der Waals surface area contributed by atoms with E-state index >= 15 is 0 Å². The summed E-state index contributed by atoms with van der Waals surface area (Å²) in [5, 5.41) is 2.64. The lowest BCUT2D eigenvalue weighted by molar-refractivity contribution is -0.137. The van der Waals surface area contributed by atoms with Gasteiger partial charge in [0.15, 0.2) is 0 Å². The highest BCUT2D eigenvalue weighted by atomic mass is 35.5. The summed E-state index contributed by atoms with van der Waals surface area (Å²) in [6, 6.07) is 4.37. The van der Waals surface area contributed by atoms with Gasteiger partial charge in [0.25, 0.3) is 5.91 Å². The number of carbonyl (C=O) groups excluding carboxylic acids is 1. The monoisotopic (exact) mass is 307 g/mol. The van der Waals surface area contributed by atoms with Gasteiger partial charge in [-0.3, -0.25) is 4.79 Å². The van der Waals surface area contributed by atoms with Crippen LogP contribution >= 0.6 is 11.6 Å². The van der Waals surface area contributed by atoms with E-state index in [0.29, 0.717) is 18.8 Å². The molecule has 0 heterocycles. The number of carbonyl (C=O) groups is 1. The van der Waals surface area contributed by atoms with Crippen LogP contribution in [0.3, 0.4) is 0 Å². The summed E-state index contributed by atoms with van der Waals surface area (Å²) in [5.74, 6) is -0.0503. The number of amides is 1. The summed E-state index contributed by atoms with van der Waals surface area (Å²) in [4.78, 5) is 11.9. The van der Waals surface area contributed by atoms with Crippen LogP contribution in [0.15, 0.2) is 24.3 Å². The summed E-state index contributed by atoms with van der Waals surface area (Å²) >= 11 is 5.65. The number of halogens is 4. The van der Waals surface area contributed by atoms with Crippen molar-refractivity contribution >= 4 is 17.5 Å². The van der Waals surface area contributed by atoms with Gasteiger partial charge in [0.2, 0.25) is 0 Å². The van der Waals surface area contributed by atoms with Crippen molar-refractivity contribution in [3.63, 3.8) is 0 Å². The second-order valence-electron chi connectivity index (χ2n) is 5.36. The number of alkyl halides is 4. The van der Waals surface area contributed by atoms with Crippen molar-refractivity contribution in [3.8, 4) is 0 Å². The Labute approximate surface area is 121 Å². The molecule has 112 valence electrons. The predicted octanol–water partition coefficient (Wildman–Crippen LogP) is 4.09. The van der Waals surface area contributed by atoms with Crippen LogP contribution in [0.2, 0.25) is 0 Å². The molecule has 0 atom stereocenters. The van der Waals surface area contributed by atoms with Gasteiger partial charge in [-0.2, -0.15) is 13.2 Å². The van der Waals surface area contributed by atoms with Crippen molar-refractivity contribution in [3.05, 3.63) is 35.4 Å². The molecular formula is C14H17ClF3NO. The third kappa shape index (κ3) is 5.04. The first-order valence-electron chi connectivity index (χ1n) is 6.17. The quantitative estimate of drug-likeness (QED) is 0.816.